The fraction of sp³-hybridized carbons (Fsp3) is 0.625. The number of methoxy groups -OCH3 is 1. The first-order valence-corrected chi connectivity index (χ1v) is 7.18. The molecule has 3 nitrogen and oxygen atoms in total. The molecule has 1 aliphatic heterocycles. The van der Waals surface area contributed by atoms with Crippen molar-refractivity contribution < 1.29 is 9.47 Å². The average Bonchev–Trinajstić information content (AvgIpc) is 2.45. The number of fused-ring (bicyclic) bond motifs is 1. The van der Waals surface area contributed by atoms with Gasteiger partial charge in [0.05, 0.1) is 18.8 Å². The molecule has 2 N–H and O–H groups in total. The van der Waals surface area contributed by atoms with Gasteiger partial charge in [-0.2, -0.15) is 0 Å². The second-order valence-electron chi connectivity index (χ2n) is 5.43. The van der Waals surface area contributed by atoms with Crippen molar-refractivity contribution in [2.45, 2.75) is 50.9 Å². The molecular formula is C16H25NO2. The van der Waals surface area contributed by atoms with Crippen LogP contribution in [0, 0.1) is 0 Å². The first kappa shape index (κ1) is 14.5. The SMILES string of the molecule is COC(C)CCC(N)CC1OCCc2ccccc21. The zero-order valence-corrected chi connectivity index (χ0v) is 12.0. The zero-order valence-electron chi connectivity index (χ0n) is 12.0. The van der Waals surface area contributed by atoms with Gasteiger partial charge in [0.15, 0.2) is 0 Å². The first-order valence-electron chi connectivity index (χ1n) is 7.18. The third-order valence-corrected chi connectivity index (χ3v) is 3.96. The summed E-state index contributed by atoms with van der Waals surface area (Å²) < 4.78 is 11.2. The molecule has 0 amide bonds. The van der Waals surface area contributed by atoms with Gasteiger partial charge in [0.2, 0.25) is 0 Å². The largest absolute Gasteiger partial charge is 0.382 e. The fourth-order valence-corrected chi connectivity index (χ4v) is 2.63. The molecule has 1 aliphatic rings. The van der Waals surface area contributed by atoms with Crippen LogP contribution >= 0.6 is 0 Å². The summed E-state index contributed by atoms with van der Waals surface area (Å²) >= 11 is 0. The summed E-state index contributed by atoms with van der Waals surface area (Å²) in [6.45, 7) is 2.89. The molecule has 106 valence electrons. The minimum absolute atomic E-state index is 0.165. The topological polar surface area (TPSA) is 44.5 Å². The smallest absolute Gasteiger partial charge is 0.0842 e. The van der Waals surface area contributed by atoms with Crippen molar-refractivity contribution in [1.82, 2.24) is 0 Å². The molecule has 1 heterocycles. The maximum atomic E-state index is 6.23. The Morgan fingerprint density at radius 2 is 2.16 bits per heavy atom. The minimum Gasteiger partial charge on any atom is -0.382 e. The maximum absolute atomic E-state index is 6.23. The highest BCUT2D eigenvalue weighted by Gasteiger charge is 2.22. The van der Waals surface area contributed by atoms with Crippen molar-refractivity contribution in [2.24, 2.45) is 5.73 Å². The third kappa shape index (κ3) is 4.03. The molecule has 0 aliphatic carbocycles. The van der Waals surface area contributed by atoms with Crippen LogP contribution in [0.4, 0.5) is 0 Å². The predicted octanol–water partition coefficient (Wildman–Crippen LogP) is 2.83. The van der Waals surface area contributed by atoms with Crippen LogP contribution in [0.15, 0.2) is 24.3 Å². The van der Waals surface area contributed by atoms with Gasteiger partial charge < -0.3 is 15.2 Å². The summed E-state index contributed by atoms with van der Waals surface area (Å²) in [7, 11) is 1.75. The lowest BCUT2D eigenvalue weighted by atomic mass is 9.92. The molecule has 0 spiro atoms. The van der Waals surface area contributed by atoms with E-state index in [1.54, 1.807) is 7.11 Å². The highest BCUT2D eigenvalue weighted by molar-refractivity contribution is 5.30. The lowest BCUT2D eigenvalue weighted by molar-refractivity contribution is 0.0299. The Hall–Kier alpha value is -0.900. The van der Waals surface area contributed by atoms with E-state index in [0.717, 1.165) is 32.3 Å². The molecule has 3 heteroatoms. The van der Waals surface area contributed by atoms with Gasteiger partial charge in [0, 0.05) is 13.2 Å². The highest BCUT2D eigenvalue weighted by atomic mass is 16.5. The van der Waals surface area contributed by atoms with Crippen molar-refractivity contribution in [3.8, 4) is 0 Å². The van der Waals surface area contributed by atoms with Gasteiger partial charge in [-0.05, 0) is 43.7 Å². The maximum Gasteiger partial charge on any atom is 0.0842 e. The van der Waals surface area contributed by atoms with Gasteiger partial charge in [-0.15, -0.1) is 0 Å². The molecule has 0 saturated heterocycles. The standard InChI is InChI=1S/C16H25NO2/c1-12(18-2)7-8-14(17)11-16-15-6-4-3-5-13(15)9-10-19-16/h3-6,12,14,16H,7-11,17H2,1-2H3. The molecule has 2 rings (SSSR count). The molecule has 0 radical (unpaired) electrons. The predicted molar refractivity (Wildman–Crippen MR) is 77.1 cm³/mol. The summed E-state index contributed by atoms with van der Waals surface area (Å²) in [4.78, 5) is 0. The van der Waals surface area contributed by atoms with Crippen molar-refractivity contribution in [3.63, 3.8) is 0 Å². The molecule has 19 heavy (non-hydrogen) atoms. The number of hydrogen-bond acceptors (Lipinski definition) is 3. The van der Waals surface area contributed by atoms with E-state index >= 15 is 0 Å². The Balaban J connectivity index is 1.89. The summed E-state index contributed by atoms with van der Waals surface area (Å²) in [6.07, 6.45) is 4.35. The Morgan fingerprint density at radius 3 is 2.95 bits per heavy atom. The molecule has 0 bridgehead atoms. The quantitative estimate of drug-likeness (QED) is 0.858. The van der Waals surface area contributed by atoms with Gasteiger partial charge >= 0.3 is 0 Å². The second kappa shape index (κ2) is 7.04. The van der Waals surface area contributed by atoms with E-state index in [-0.39, 0.29) is 18.2 Å². The molecule has 3 atom stereocenters. The van der Waals surface area contributed by atoms with Crippen molar-refractivity contribution in [1.29, 1.82) is 0 Å². The van der Waals surface area contributed by atoms with Crippen LogP contribution in [-0.4, -0.2) is 25.9 Å². The normalized spacial score (nSPS) is 21.7. The molecule has 3 unspecified atom stereocenters. The lowest BCUT2D eigenvalue weighted by Crippen LogP contribution is -2.27. The van der Waals surface area contributed by atoms with Crippen LogP contribution in [0.1, 0.15) is 43.4 Å². The Morgan fingerprint density at radius 1 is 1.37 bits per heavy atom. The van der Waals surface area contributed by atoms with Gasteiger partial charge in [-0.1, -0.05) is 24.3 Å². The van der Waals surface area contributed by atoms with E-state index in [0.29, 0.717) is 0 Å². The first-order chi connectivity index (χ1) is 9.20. The Bertz CT molecular complexity index is 394. The minimum atomic E-state index is 0.165. The fourth-order valence-electron chi connectivity index (χ4n) is 2.63. The molecule has 1 aromatic rings. The van der Waals surface area contributed by atoms with E-state index in [1.807, 2.05) is 0 Å². The molecule has 0 aromatic heterocycles. The Kier molecular flexibility index (Phi) is 5.37. The van der Waals surface area contributed by atoms with Crippen LogP contribution in [-0.2, 0) is 15.9 Å². The Labute approximate surface area is 116 Å². The highest BCUT2D eigenvalue weighted by Crippen LogP contribution is 2.30. The van der Waals surface area contributed by atoms with Gasteiger partial charge in [0.1, 0.15) is 0 Å². The van der Waals surface area contributed by atoms with E-state index in [9.17, 15) is 0 Å². The molecular weight excluding hydrogens is 238 g/mol. The van der Waals surface area contributed by atoms with E-state index in [2.05, 4.69) is 31.2 Å². The van der Waals surface area contributed by atoms with Crippen LogP contribution in [0.5, 0.6) is 0 Å². The monoisotopic (exact) mass is 263 g/mol. The number of benzene rings is 1. The van der Waals surface area contributed by atoms with Crippen molar-refractivity contribution in [3.05, 3.63) is 35.4 Å². The van der Waals surface area contributed by atoms with E-state index in [4.69, 9.17) is 15.2 Å². The third-order valence-electron chi connectivity index (χ3n) is 3.96. The lowest BCUT2D eigenvalue weighted by Gasteiger charge is -2.28. The summed E-state index contributed by atoms with van der Waals surface area (Å²) in [5.74, 6) is 0. The number of hydrogen-bond donors (Lipinski definition) is 1. The van der Waals surface area contributed by atoms with Crippen LogP contribution in [0.3, 0.4) is 0 Å². The van der Waals surface area contributed by atoms with Gasteiger partial charge in [-0.3, -0.25) is 0 Å². The van der Waals surface area contributed by atoms with Gasteiger partial charge in [-0.25, -0.2) is 0 Å². The van der Waals surface area contributed by atoms with Crippen LogP contribution < -0.4 is 5.73 Å². The second-order valence-corrected chi connectivity index (χ2v) is 5.43. The van der Waals surface area contributed by atoms with Gasteiger partial charge in [0.25, 0.3) is 0 Å². The molecule has 0 saturated carbocycles. The van der Waals surface area contributed by atoms with Crippen LogP contribution in [0.2, 0.25) is 0 Å². The van der Waals surface area contributed by atoms with Crippen molar-refractivity contribution in [2.75, 3.05) is 13.7 Å². The average molecular weight is 263 g/mol. The molecule has 0 fully saturated rings. The summed E-state index contributed by atoms with van der Waals surface area (Å²) in [5.41, 5.74) is 8.97. The van der Waals surface area contributed by atoms with E-state index in [1.165, 1.54) is 11.1 Å². The summed E-state index contributed by atoms with van der Waals surface area (Å²) in [6, 6.07) is 8.72. The number of ether oxygens (including phenoxy) is 2. The summed E-state index contributed by atoms with van der Waals surface area (Å²) in [5, 5.41) is 0. The van der Waals surface area contributed by atoms with E-state index < -0.39 is 0 Å². The van der Waals surface area contributed by atoms with Crippen molar-refractivity contribution >= 4 is 0 Å². The zero-order chi connectivity index (χ0) is 13.7. The number of nitrogens with two attached hydrogens (primary N) is 1. The molecule has 1 aromatic carbocycles. The van der Waals surface area contributed by atoms with Crippen LogP contribution in [0.25, 0.3) is 0 Å². The number of rotatable bonds is 6.